The Bertz CT molecular complexity index is 987. The molecule has 1 aliphatic carbocycles. The molecule has 1 unspecified atom stereocenters. The van der Waals surface area contributed by atoms with Gasteiger partial charge in [-0.3, -0.25) is 4.98 Å². The summed E-state index contributed by atoms with van der Waals surface area (Å²) in [6.07, 6.45) is 10.1. The van der Waals surface area contributed by atoms with Crippen molar-refractivity contribution in [3.63, 3.8) is 0 Å². The van der Waals surface area contributed by atoms with Crippen LogP contribution < -0.4 is 0 Å². The summed E-state index contributed by atoms with van der Waals surface area (Å²) < 4.78 is 8.09. The number of nitrogens with zero attached hydrogens (tertiary/aromatic N) is 3. The van der Waals surface area contributed by atoms with Gasteiger partial charge in [0, 0.05) is 23.8 Å². The molecule has 1 saturated heterocycles. The van der Waals surface area contributed by atoms with E-state index in [4.69, 9.17) is 14.8 Å². The summed E-state index contributed by atoms with van der Waals surface area (Å²) in [5, 5.41) is 6.02. The van der Waals surface area contributed by atoms with Crippen LogP contribution in [0.4, 0.5) is 0 Å². The minimum Gasteiger partial charge on any atom is -0.356 e. The van der Waals surface area contributed by atoms with E-state index in [2.05, 4.69) is 49.7 Å². The van der Waals surface area contributed by atoms with Gasteiger partial charge >= 0.3 is 0 Å². The Morgan fingerprint density at radius 2 is 1.86 bits per heavy atom. The van der Waals surface area contributed by atoms with E-state index < -0.39 is 0 Å². The van der Waals surface area contributed by atoms with Gasteiger partial charge in [0.05, 0.1) is 17.4 Å². The van der Waals surface area contributed by atoms with Crippen LogP contribution in [0.15, 0.2) is 36.7 Å². The van der Waals surface area contributed by atoms with Crippen LogP contribution in [-0.2, 0) is 10.2 Å². The molecule has 0 amide bonds. The van der Waals surface area contributed by atoms with E-state index in [1.165, 1.54) is 46.9 Å². The summed E-state index contributed by atoms with van der Waals surface area (Å²) in [6, 6.07) is 8.86. The van der Waals surface area contributed by atoms with E-state index in [1.54, 1.807) is 0 Å². The summed E-state index contributed by atoms with van der Waals surface area (Å²) in [6.45, 7) is 7.52. The highest BCUT2D eigenvalue weighted by Gasteiger charge is 2.30. The van der Waals surface area contributed by atoms with Crippen molar-refractivity contribution >= 4 is 10.9 Å². The molecule has 4 nitrogen and oxygen atoms in total. The van der Waals surface area contributed by atoms with Gasteiger partial charge in [0.15, 0.2) is 6.23 Å². The van der Waals surface area contributed by atoms with Crippen molar-refractivity contribution in [2.75, 3.05) is 6.61 Å². The average molecular weight is 376 g/mol. The lowest BCUT2D eigenvalue weighted by Gasteiger charge is -2.23. The lowest BCUT2D eigenvalue weighted by atomic mass is 9.88. The number of ether oxygens (including phenoxy) is 1. The van der Waals surface area contributed by atoms with Crippen molar-refractivity contribution in [1.29, 1.82) is 0 Å². The Labute approximate surface area is 166 Å². The molecule has 146 valence electrons. The Hall–Kier alpha value is -2.20. The van der Waals surface area contributed by atoms with E-state index in [-0.39, 0.29) is 11.6 Å². The molecule has 3 aromatic rings. The van der Waals surface area contributed by atoms with Gasteiger partial charge in [-0.05, 0) is 66.7 Å². The van der Waals surface area contributed by atoms with Crippen molar-refractivity contribution in [1.82, 2.24) is 14.8 Å². The number of fused-ring (bicyclic) bond motifs is 1. The van der Waals surface area contributed by atoms with Gasteiger partial charge in [-0.1, -0.05) is 32.9 Å². The summed E-state index contributed by atoms with van der Waals surface area (Å²) >= 11 is 0. The third-order valence-corrected chi connectivity index (χ3v) is 6.14. The van der Waals surface area contributed by atoms with Gasteiger partial charge in [-0.2, -0.15) is 5.10 Å². The maximum Gasteiger partial charge on any atom is 0.150 e. The topological polar surface area (TPSA) is 39.9 Å². The van der Waals surface area contributed by atoms with Crippen molar-refractivity contribution in [3.8, 4) is 11.3 Å². The fourth-order valence-electron chi connectivity index (χ4n) is 4.32. The first-order valence-electron chi connectivity index (χ1n) is 10.6. The van der Waals surface area contributed by atoms with Crippen LogP contribution in [0, 0.1) is 0 Å². The highest BCUT2D eigenvalue weighted by Crippen LogP contribution is 2.47. The zero-order chi connectivity index (χ0) is 19.3. The third-order valence-electron chi connectivity index (χ3n) is 6.14. The normalized spacial score (nSPS) is 20.6. The maximum absolute atomic E-state index is 5.99. The molecule has 0 spiro atoms. The van der Waals surface area contributed by atoms with Crippen molar-refractivity contribution in [3.05, 3.63) is 47.8 Å². The van der Waals surface area contributed by atoms with Gasteiger partial charge < -0.3 is 4.74 Å². The van der Waals surface area contributed by atoms with Gasteiger partial charge in [-0.25, -0.2) is 4.68 Å². The Morgan fingerprint density at radius 3 is 2.50 bits per heavy atom. The predicted molar refractivity (Wildman–Crippen MR) is 112 cm³/mol. The molecule has 1 aliphatic heterocycles. The van der Waals surface area contributed by atoms with Crippen LogP contribution in [0.5, 0.6) is 0 Å². The molecule has 1 saturated carbocycles. The Kier molecular flexibility index (Phi) is 4.27. The molecule has 0 bridgehead atoms. The summed E-state index contributed by atoms with van der Waals surface area (Å²) in [7, 11) is 0. The van der Waals surface area contributed by atoms with Crippen molar-refractivity contribution < 1.29 is 4.74 Å². The lowest BCUT2D eigenvalue weighted by molar-refractivity contribution is -0.0366. The number of benzene rings is 1. The molecular formula is C24H29N3O. The zero-order valence-electron chi connectivity index (χ0n) is 17.1. The van der Waals surface area contributed by atoms with Crippen molar-refractivity contribution in [2.24, 2.45) is 0 Å². The molecule has 2 fully saturated rings. The number of hydrogen-bond acceptors (Lipinski definition) is 3. The van der Waals surface area contributed by atoms with Crippen molar-refractivity contribution in [2.45, 2.75) is 70.4 Å². The molecular weight excluding hydrogens is 346 g/mol. The molecule has 28 heavy (non-hydrogen) atoms. The van der Waals surface area contributed by atoms with Crippen LogP contribution in [0.1, 0.15) is 76.1 Å². The van der Waals surface area contributed by atoms with Crippen LogP contribution in [0.2, 0.25) is 0 Å². The molecule has 0 N–H and O–H groups in total. The van der Waals surface area contributed by atoms with Crippen LogP contribution in [0.3, 0.4) is 0 Å². The number of pyridine rings is 1. The largest absolute Gasteiger partial charge is 0.356 e. The highest BCUT2D eigenvalue weighted by atomic mass is 16.5. The monoisotopic (exact) mass is 375 g/mol. The molecule has 3 heterocycles. The summed E-state index contributed by atoms with van der Waals surface area (Å²) in [5.41, 5.74) is 6.35. The summed E-state index contributed by atoms with van der Waals surface area (Å²) in [4.78, 5) is 4.84. The second-order valence-corrected chi connectivity index (χ2v) is 9.33. The SMILES string of the molecule is CC(C)(C)c1ccc(-c2ccc3c(cnn3C3CCCCO3)c2C2CC2)nc1. The van der Waals surface area contributed by atoms with Gasteiger partial charge in [0.25, 0.3) is 0 Å². The number of aromatic nitrogens is 3. The number of hydrogen-bond donors (Lipinski definition) is 0. The maximum atomic E-state index is 5.99. The van der Waals surface area contributed by atoms with E-state index >= 15 is 0 Å². The average Bonchev–Trinajstić information content (AvgIpc) is 3.45. The van der Waals surface area contributed by atoms with Gasteiger partial charge in [-0.15, -0.1) is 0 Å². The molecule has 2 aromatic heterocycles. The molecule has 1 aromatic carbocycles. The minimum absolute atomic E-state index is 0.0772. The quantitative estimate of drug-likeness (QED) is 0.566. The van der Waals surface area contributed by atoms with Crippen LogP contribution in [0.25, 0.3) is 22.2 Å². The Morgan fingerprint density at radius 1 is 1.00 bits per heavy atom. The second-order valence-electron chi connectivity index (χ2n) is 9.33. The predicted octanol–water partition coefficient (Wildman–Crippen LogP) is 5.97. The smallest absolute Gasteiger partial charge is 0.150 e. The Balaban J connectivity index is 1.59. The van der Waals surface area contributed by atoms with E-state index in [1.807, 2.05) is 12.4 Å². The van der Waals surface area contributed by atoms with E-state index in [0.29, 0.717) is 5.92 Å². The van der Waals surface area contributed by atoms with Gasteiger partial charge in [0.2, 0.25) is 0 Å². The minimum atomic E-state index is 0.0772. The molecule has 5 rings (SSSR count). The number of rotatable bonds is 3. The second kappa shape index (κ2) is 6.70. The highest BCUT2D eigenvalue weighted by molar-refractivity contribution is 5.90. The first-order valence-corrected chi connectivity index (χ1v) is 10.6. The van der Waals surface area contributed by atoms with Crippen LogP contribution >= 0.6 is 0 Å². The lowest BCUT2D eigenvalue weighted by Crippen LogP contribution is -2.18. The third kappa shape index (κ3) is 3.14. The first kappa shape index (κ1) is 17.9. The fraction of sp³-hybridized carbons (Fsp3) is 0.500. The molecule has 0 radical (unpaired) electrons. The first-order chi connectivity index (χ1) is 13.5. The van der Waals surface area contributed by atoms with Crippen LogP contribution in [-0.4, -0.2) is 21.4 Å². The molecule has 2 aliphatic rings. The standard InChI is InChI=1S/C24H29N3O/c1-24(2,3)17-9-11-20(25-14-17)18-10-12-21-19(23(18)16-7-8-16)15-26-27(21)22-6-4-5-13-28-22/h9-12,14-16,22H,4-8,13H2,1-3H3. The molecule has 1 atom stereocenters. The fourth-order valence-corrected chi connectivity index (χ4v) is 4.32. The molecule has 4 heteroatoms. The van der Waals surface area contributed by atoms with Gasteiger partial charge in [0.1, 0.15) is 0 Å². The van der Waals surface area contributed by atoms with E-state index in [9.17, 15) is 0 Å². The zero-order valence-corrected chi connectivity index (χ0v) is 17.1. The summed E-state index contributed by atoms with van der Waals surface area (Å²) in [5.74, 6) is 0.632. The van der Waals surface area contributed by atoms with E-state index in [0.717, 1.165) is 25.1 Å².